The van der Waals surface area contributed by atoms with Gasteiger partial charge in [0.05, 0.1) is 17.3 Å². The van der Waals surface area contributed by atoms with Crippen LogP contribution >= 0.6 is 11.3 Å². The van der Waals surface area contributed by atoms with Crippen LogP contribution in [0.5, 0.6) is 0 Å². The Kier molecular flexibility index (Phi) is 4.41. The Balaban J connectivity index is 2.01. The van der Waals surface area contributed by atoms with Crippen molar-refractivity contribution in [2.45, 2.75) is 45.1 Å². The Morgan fingerprint density at radius 2 is 2.33 bits per heavy atom. The van der Waals surface area contributed by atoms with Gasteiger partial charge in [-0.05, 0) is 13.5 Å². The van der Waals surface area contributed by atoms with Gasteiger partial charge in [0.25, 0.3) is 0 Å². The number of likely N-dealkylation sites (N-methyl/N-ethyl adjacent to an activating group) is 1. The Morgan fingerprint density at radius 1 is 1.56 bits per heavy atom. The van der Waals surface area contributed by atoms with Crippen LogP contribution in [0.2, 0.25) is 0 Å². The lowest BCUT2D eigenvalue weighted by Gasteiger charge is -2.20. The molecule has 1 fully saturated rings. The predicted octanol–water partition coefficient (Wildman–Crippen LogP) is 2.61. The third-order valence-corrected chi connectivity index (χ3v) is 4.49. The molecule has 0 radical (unpaired) electrons. The summed E-state index contributed by atoms with van der Waals surface area (Å²) in [6.45, 7) is 8.45. The molecule has 3 nitrogen and oxygen atoms in total. The lowest BCUT2D eigenvalue weighted by Crippen LogP contribution is -2.35. The summed E-state index contributed by atoms with van der Waals surface area (Å²) in [5, 5.41) is 6.87. The van der Waals surface area contributed by atoms with E-state index >= 15 is 0 Å². The number of ether oxygens (including phenoxy) is 1. The molecule has 2 rings (SSSR count). The number of aromatic nitrogens is 1. The van der Waals surface area contributed by atoms with Crippen LogP contribution in [0.15, 0.2) is 5.38 Å². The molecule has 1 aromatic heterocycles. The van der Waals surface area contributed by atoms with Crippen LogP contribution in [0.4, 0.5) is 0 Å². The quantitative estimate of drug-likeness (QED) is 0.911. The highest BCUT2D eigenvalue weighted by Crippen LogP contribution is 2.26. The molecule has 0 aliphatic carbocycles. The van der Waals surface area contributed by atoms with Gasteiger partial charge >= 0.3 is 0 Å². The molecule has 18 heavy (non-hydrogen) atoms. The summed E-state index contributed by atoms with van der Waals surface area (Å²) in [7, 11) is 2.04. The van der Waals surface area contributed by atoms with Gasteiger partial charge in [-0.3, -0.25) is 0 Å². The summed E-state index contributed by atoms with van der Waals surface area (Å²) in [6.07, 6.45) is 2.19. The second-order valence-electron chi connectivity index (χ2n) is 6.10. The third-order valence-electron chi connectivity index (χ3n) is 3.62. The average Bonchev–Trinajstić information content (AvgIpc) is 2.95. The first-order valence-electron chi connectivity index (χ1n) is 6.70. The molecule has 1 N–H and O–H groups in total. The van der Waals surface area contributed by atoms with E-state index in [-0.39, 0.29) is 5.41 Å². The van der Waals surface area contributed by atoms with Gasteiger partial charge < -0.3 is 10.1 Å². The van der Waals surface area contributed by atoms with E-state index in [0.29, 0.717) is 12.0 Å². The van der Waals surface area contributed by atoms with Crippen LogP contribution in [0, 0.1) is 5.92 Å². The van der Waals surface area contributed by atoms with Crippen LogP contribution in [-0.2, 0) is 16.6 Å². The monoisotopic (exact) mass is 268 g/mol. The SMILES string of the molecule is CNC(Cc1nc(C(C)(C)C)cs1)C1CCOC1. The number of nitrogens with one attached hydrogen (secondary N) is 1. The summed E-state index contributed by atoms with van der Waals surface area (Å²) >= 11 is 1.79. The highest BCUT2D eigenvalue weighted by molar-refractivity contribution is 7.09. The van der Waals surface area contributed by atoms with Crippen LogP contribution in [0.3, 0.4) is 0 Å². The van der Waals surface area contributed by atoms with Crippen molar-refractivity contribution in [2.75, 3.05) is 20.3 Å². The van der Waals surface area contributed by atoms with Gasteiger partial charge in [0.15, 0.2) is 0 Å². The van der Waals surface area contributed by atoms with E-state index < -0.39 is 0 Å². The van der Waals surface area contributed by atoms with E-state index in [1.807, 2.05) is 7.05 Å². The molecule has 0 amide bonds. The van der Waals surface area contributed by atoms with Crippen LogP contribution in [-0.4, -0.2) is 31.3 Å². The third kappa shape index (κ3) is 3.31. The summed E-state index contributed by atoms with van der Waals surface area (Å²) in [4.78, 5) is 4.78. The van der Waals surface area contributed by atoms with Gasteiger partial charge in [0.2, 0.25) is 0 Å². The van der Waals surface area contributed by atoms with Crippen LogP contribution in [0.1, 0.15) is 37.9 Å². The fraction of sp³-hybridized carbons (Fsp3) is 0.786. The van der Waals surface area contributed by atoms with Gasteiger partial charge in [-0.2, -0.15) is 0 Å². The molecule has 102 valence electrons. The second-order valence-corrected chi connectivity index (χ2v) is 7.04. The zero-order valence-electron chi connectivity index (χ0n) is 11.8. The highest BCUT2D eigenvalue weighted by Gasteiger charge is 2.26. The zero-order valence-corrected chi connectivity index (χ0v) is 12.6. The maximum Gasteiger partial charge on any atom is 0.0944 e. The molecule has 1 aromatic rings. The summed E-state index contributed by atoms with van der Waals surface area (Å²) < 4.78 is 5.48. The molecule has 4 heteroatoms. The number of thiazole rings is 1. The summed E-state index contributed by atoms with van der Waals surface area (Å²) in [6, 6.07) is 0.492. The van der Waals surface area contributed by atoms with E-state index in [2.05, 4.69) is 31.5 Å². The summed E-state index contributed by atoms with van der Waals surface area (Å²) in [5.41, 5.74) is 1.36. The minimum absolute atomic E-state index is 0.153. The minimum atomic E-state index is 0.153. The number of nitrogens with zero attached hydrogens (tertiary/aromatic N) is 1. The second kappa shape index (κ2) is 5.68. The van der Waals surface area contributed by atoms with E-state index in [9.17, 15) is 0 Å². The van der Waals surface area contributed by atoms with Crippen molar-refractivity contribution in [1.29, 1.82) is 0 Å². The van der Waals surface area contributed by atoms with Gasteiger partial charge in [-0.15, -0.1) is 11.3 Å². The Bertz CT molecular complexity index is 377. The van der Waals surface area contributed by atoms with E-state index in [0.717, 1.165) is 19.6 Å². The van der Waals surface area contributed by atoms with Gasteiger partial charge in [-0.25, -0.2) is 4.98 Å². The zero-order chi connectivity index (χ0) is 13.2. The van der Waals surface area contributed by atoms with E-state index in [1.165, 1.54) is 17.1 Å². The molecule has 0 aromatic carbocycles. The lowest BCUT2D eigenvalue weighted by molar-refractivity contribution is 0.177. The first kappa shape index (κ1) is 14.0. The molecule has 2 unspecified atom stereocenters. The van der Waals surface area contributed by atoms with Crippen molar-refractivity contribution in [3.05, 3.63) is 16.1 Å². The van der Waals surface area contributed by atoms with Crippen molar-refractivity contribution >= 4 is 11.3 Å². The summed E-state index contributed by atoms with van der Waals surface area (Å²) in [5.74, 6) is 0.636. The van der Waals surface area contributed by atoms with E-state index in [1.54, 1.807) is 11.3 Å². The fourth-order valence-electron chi connectivity index (χ4n) is 2.31. The van der Waals surface area contributed by atoms with Crippen molar-refractivity contribution < 1.29 is 4.74 Å². The highest BCUT2D eigenvalue weighted by atomic mass is 32.1. The normalized spacial score (nSPS) is 22.3. The van der Waals surface area contributed by atoms with Crippen molar-refractivity contribution in [1.82, 2.24) is 10.3 Å². The molecule has 0 bridgehead atoms. The molecule has 1 aliphatic rings. The van der Waals surface area contributed by atoms with Crippen LogP contribution in [0.25, 0.3) is 0 Å². The number of rotatable bonds is 4. The van der Waals surface area contributed by atoms with Crippen molar-refractivity contribution in [2.24, 2.45) is 5.92 Å². The van der Waals surface area contributed by atoms with Crippen molar-refractivity contribution in [3.8, 4) is 0 Å². The molecule has 0 saturated carbocycles. The number of hydrogen-bond acceptors (Lipinski definition) is 4. The average molecular weight is 268 g/mol. The standard InChI is InChI=1S/C14H24N2OS/c1-14(2,3)12-9-18-13(16-12)7-11(15-4)10-5-6-17-8-10/h9-11,15H,5-8H2,1-4H3. The predicted molar refractivity (Wildman–Crippen MR) is 76.3 cm³/mol. The molecule has 1 aliphatic heterocycles. The Labute approximate surface area is 114 Å². The van der Waals surface area contributed by atoms with Crippen molar-refractivity contribution in [3.63, 3.8) is 0 Å². The minimum Gasteiger partial charge on any atom is -0.381 e. The molecule has 2 atom stereocenters. The fourth-order valence-corrected chi connectivity index (χ4v) is 3.39. The first-order chi connectivity index (χ1) is 8.50. The Hall–Kier alpha value is -0.450. The maximum atomic E-state index is 5.48. The molecular weight excluding hydrogens is 244 g/mol. The maximum absolute atomic E-state index is 5.48. The molecular formula is C14H24N2OS. The van der Waals surface area contributed by atoms with Gasteiger partial charge in [-0.1, -0.05) is 20.8 Å². The topological polar surface area (TPSA) is 34.2 Å². The van der Waals surface area contributed by atoms with Crippen LogP contribution < -0.4 is 5.32 Å². The largest absolute Gasteiger partial charge is 0.381 e. The molecule has 0 spiro atoms. The van der Waals surface area contributed by atoms with Gasteiger partial charge in [0, 0.05) is 35.8 Å². The Morgan fingerprint density at radius 3 is 2.83 bits per heavy atom. The number of hydrogen-bond donors (Lipinski definition) is 1. The smallest absolute Gasteiger partial charge is 0.0944 e. The molecule has 2 heterocycles. The first-order valence-corrected chi connectivity index (χ1v) is 7.58. The van der Waals surface area contributed by atoms with E-state index in [4.69, 9.17) is 9.72 Å². The van der Waals surface area contributed by atoms with Gasteiger partial charge in [0.1, 0.15) is 0 Å². The lowest BCUT2D eigenvalue weighted by atomic mass is 9.93. The molecule has 1 saturated heterocycles.